The van der Waals surface area contributed by atoms with E-state index in [4.69, 9.17) is 11.6 Å². The van der Waals surface area contributed by atoms with Crippen LogP contribution in [0.5, 0.6) is 0 Å². The van der Waals surface area contributed by atoms with Crippen LogP contribution in [-0.2, 0) is 9.59 Å². The van der Waals surface area contributed by atoms with Gasteiger partial charge < -0.3 is 15.6 Å². The fourth-order valence-corrected chi connectivity index (χ4v) is 5.85. The van der Waals surface area contributed by atoms with Crippen LogP contribution in [0.4, 0.5) is 4.79 Å². The Morgan fingerprint density at radius 1 is 1.14 bits per heavy atom. The summed E-state index contributed by atoms with van der Waals surface area (Å²) in [4.78, 5) is 43.2. The zero-order valence-corrected chi connectivity index (χ0v) is 20.4. The van der Waals surface area contributed by atoms with Crippen molar-refractivity contribution in [3.05, 3.63) is 70.9 Å². The first-order valence-electron chi connectivity index (χ1n) is 12.1. The molecule has 1 spiro atoms. The molecule has 2 fully saturated rings. The molecule has 2 aromatic carbocycles. The lowest BCUT2D eigenvalue weighted by Gasteiger charge is -2.36. The Hall–Kier alpha value is -3.32. The van der Waals surface area contributed by atoms with Gasteiger partial charge in [-0.05, 0) is 42.0 Å². The summed E-state index contributed by atoms with van der Waals surface area (Å²) < 4.78 is 0. The van der Waals surface area contributed by atoms with Gasteiger partial charge in [0.1, 0.15) is 12.1 Å². The minimum Gasteiger partial charge on any atom is -0.361 e. The number of nitrogens with one attached hydrogen (secondary N) is 3. The zero-order valence-electron chi connectivity index (χ0n) is 19.6. The molecule has 4 amide bonds. The lowest BCUT2D eigenvalue weighted by atomic mass is 9.73. The van der Waals surface area contributed by atoms with Crippen LogP contribution in [0.3, 0.4) is 0 Å². The lowest BCUT2D eigenvalue weighted by molar-refractivity contribution is -0.137. The van der Waals surface area contributed by atoms with E-state index in [0.29, 0.717) is 11.4 Å². The van der Waals surface area contributed by atoms with Crippen molar-refractivity contribution in [3.63, 3.8) is 0 Å². The topological polar surface area (TPSA) is 94.3 Å². The van der Waals surface area contributed by atoms with Crippen molar-refractivity contribution in [2.75, 3.05) is 13.1 Å². The molecule has 182 valence electrons. The van der Waals surface area contributed by atoms with Crippen LogP contribution in [-0.4, -0.2) is 46.4 Å². The van der Waals surface area contributed by atoms with Crippen molar-refractivity contribution in [1.29, 1.82) is 0 Å². The number of rotatable bonds is 6. The Morgan fingerprint density at radius 2 is 1.91 bits per heavy atom. The maximum atomic E-state index is 13.2. The fraction of sp³-hybridized carbons (Fsp3) is 0.370. The number of aromatic amines is 1. The number of imide groups is 1. The zero-order chi connectivity index (χ0) is 24.6. The minimum absolute atomic E-state index is 0.0484. The second-order valence-electron chi connectivity index (χ2n) is 9.61. The number of H-pyrrole nitrogens is 1. The van der Waals surface area contributed by atoms with Crippen LogP contribution in [0.2, 0.25) is 5.02 Å². The molecular formula is C27H29ClN4O3. The van der Waals surface area contributed by atoms with Crippen LogP contribution in [0.15, 0.2) is 54.7 Å². The first kappa shape index (κ1) is 23.4. The van der Waals surface area contributed by atoms with E-state index in [2.05, 4.69) is 15.6 Å². The van der Waals surface area contributed by atoms with Gasteiger partial charge in [0.15, 0.2) is 0 Å². The van der Waals surface area contributed by atoms with Crippen molar-refractivity contribution in [2.45, 2.75) is 44.1 Å². The second kappa shape index (κ2) is 9.38. The Morgan fingerprint density at radius 3 is 2.71 bits per heavy atom. The predicted molar refractivity (Wildman–Crippen MR) is 135 cm³/mol. The molecule has 1 aliphatic carbocycles. The molecule has 2 aliphatic rings. The first-order chi connectivity index (χ1) is 16.9. The van der Waals surface area contributed by atoms with E-state index in [9.17, 15) is 14.4 Å². The molecule has 3 N–H and O–H groups in total. The molecule has 1 saturated carbocycles. The molecule has 1 aliphatic heterocycles. The van der Waals surface area contributed by atoms with Gasteiger partial charge in [-0.2, -0.15) is 0 Å². The molecule has 3 aromatic rings. The number of carbonyl (C=O) groups is 3. The monoisotopic (exact) mass is 492 g/mol. The summed E-state index contributed by atoms with van der Waals surface area (Å²) in [6.45, 7) is 1.97. The summed E-state index contributed by atoms with van der Waals surface area (Å²) in [6.07, 6.45) is 5.38. The van der Waals surface area contributed by atoms with E-state index in [1.54, 1.807) is 0 Å². The number of aromatic nitrogens is 1. The van der Waals surface area contributed by atoms with Gasteiger partial charge in [0.05, 0.1) is 0 Å². The summed E-state index contributed by atoms with van der Waals surface area (Å²) >= 11 is 6.55. The molecule has 0 unspecified atom stereocenters. The first-order valence-corrected chi connectivity index (χ1v) is 12.5. The molecular weight excluding hydrogens is 464 g/mol. The smallest absolute Gasteiger partial charge is 0.325 e. The van der Waals surface area contributed by atoms with Gasteiger partial charge in [-0.15, -0.1) is 0 Å². The molecule has 1 saturated heterocycles. The van der Waals surface area contributed by atoms with Crippen LogP contribution in [0.1, 0.15) is 49.7 Å². The van der Waals surface area contributed by atoms with Crippen LogP contribution >= 0.6 is 11.6 Å². The maximum Gasteiger partial charge on any atom is 0.325 e. The number of hydrogen-bond donors (Lipinski definition) is 3. The van der Waals surface area contributed by atoms with Gasteiger partial charge in [0.2, 0.25) is 5.91 Å². The van der Waals surface area contributed by atoms with E-state index in [-0.39, 0.29) is 36.7 Å². The van der Waals surface area contributed by atoms with Gasteiger partial charge in [-0.3, -0.25) is 14.5 Å². The summed E-state index contributed by atoms with van der Waals surface area (Å²) in [6, 6.07) is 15.1. The van der Waals surface area contributed by atoms with E-state index in [1.807, 2.05) is 61.7 Å². The van der Waals surface area contributed by atoms with Gasteiger partial charge in [-0.25, -0.2) is 4.79 Å². The third-order valence-corrected chi connectivity index (χ3v) is 7.93. The summed E-state index contributed by atoms with van der Waals surface area (Å²) in [5.74, 6) is -0.834. The standard InChI is InChI=1S/C27H29ClN4O3/c1-17-8-6-7-13-27(17)25(34)32(26(35)31-27)16-24(33)30-15-20(18-9-2-4-11-22(18)28)21-14-29-23-12-5-3-10-19(21)23/h2-5,9-12,14,17,20,29H,6-8,13,15-16H2,1H3,(H,30,33)(H,31,35)/t17-,20+,27+/m1/s1. The molecule has 0 bridgehead atoms. The number of halogens is 1. The average Bonchev–Trinajstić information content (AvgIpc) is 3.38. The Balaban J connectivity index is 1.34. The number of benzene rings is 2. The van der Waals surface area contributed by atoms with Crippen molar-refractivity contribution in [2.24, 2.45) is 5.92 Å². The van der Waals surface area contributed by atoms with Crippen LogP contribution < -0.4 is 10.6 Å². The average molecular weight is 493 g/mol. The highest BCUT2D eigenvalue weighted by Gasteiger charge is 2.55. The molecule has 3 atom stereocenters. The van der Waals surface area contributed by atoms with Gasteiger partial charge in [0.25, 0.3) is 5.91 Å². The van der Waals surface area contributed by atoms with Crippen molar-refractivity contribution in [3.8, 4) is 0 Å². The summed E-state index contributed by atoms with van der Waals surface area (Å²) in [7, 11) is 0. The third-order valence-electron chi connectivity index (χ3n) is 7.58. The molecule has 0 radical (unpaired) electrons. The number of fused-ring (bicyclic) bond motifs is 1. The summed E-state index contributed by atoms with van der Waals surface area (Å²) in [5, 5.41) is 7.51. The lowest BCUT2D eigenvalue weighted by Crippen LogP contribution is -2.54. The number of nitrogens with zero attached hydrogens (tertiary/aromatic N) is 1. The predicted octanol–water partition coefficient (Wildman–Crippen LogP) is 4.57. The molecule has 35 heavy (non-hydrogen) atoms. The Labute approximate surface area is 209 Å². The Kier molecular flexibility index (Phi) is 6.28. The van der Waals surface area contributed by atoms with Crippen molar-refractivity contribution >= 4 is 40.3 Å². The number of para-hydroxylation sites is 1. The normalized spacial score (nSPS) is 23.0. The number of amides is 4. The minimum atomic E-state index is -0.875. The van der Waals surface area contributed by atoms with E-state index in [1.165, 1.54) is 0 Å². The Bertz CT molecular complexity index is 1290. The number of urea groups is 1. The van der Waals surface area contributed by atoms with Crippen LogP contribution in [0.25, 0.3) is 10.9 Å². The molecule has 1 aromatic heterocycles. The van der Waals surface area contributed by atoms with Gasteiger partial charge in [0, 0.05) is 34.6 Å². The van der Waals surface area contributed by atoms with E-state index in [0.717, 1.165) is 46.2 Å². The molecule has 2 heterocycles. The van der Waals surface area contributed by atoms with Gasteiger partial charge >= 0.3 is 6.03 Å². The largest absolute Gasteiger partial charge is 0.361 e. The highest BCUT2D eigenvalue weighted by molar-refractivity contribution is 6.31. The number of carbonyl (C=O) groups excluding carboxylic acids is 3. The molecule has 7 nitrogen and oxygen atoms in total. The fourth-order valence-electron chi connectivity index (χ4n) is 5.58. The van der Waals surface area contributed by atoms with Gasteiger partial charge in [-0.1, -0.05) is 67.8 Å². The maximum absolute atomic E-state index is 13.2. The highest BCUT2D eigenvalue weighted by Crippen LogP contribution is 2.38. The molecule has 5 rings (SSSR count). The molecule has 8 heteroatoms. The van der Waals surface area contributed by atoms with E-state index < -0.39 is 11.6 Å². The number of hydrogen-bond acceptors (Lipinski definition) is 3. The highest BCUT2D eigenvalue weighted by atomic mass is 35.5. The van der Waals surface area contributed by atoms with Crippen molar-refractivity contribution < 1.29 is 14.4 Å². The quantitative estimate of drug-likeness (QED) is 0.440. The SMILES string of the molecule is C[C@@H]1CCCC[C@]12NC(=O)N(CC(=O)NC[C@@H](c1ccccc1Cl)c1c[nH]c3ccccc13)C2=O. The second-order valence-corrected chi connectivity index (χ2v) is 10.0. The van der Waals surface area contributed by atoms with Crippen molar-refractivity contribution in [1.82, 2.24) is 20.5 Å². The van der Waals surface area contributed by atoms with Crippen LogP contribution in [0, 0.1) is 5.92 Å². The third kappa shape index (κ3) is 4.18. The summed E-state index contributed by atoms with van der Waals surface area (Å²) in [5.41, 5.74) is 2.03. The van der Waals surface area contributed by atoms with E-state index >= 15 is 0 Å².